The number of carbonyl (C=O) groups excluding carboxylic acids is 1. The zero-order valence-corrected chi connectivity index (χ0v) is 11.6. The highest BCUT2D eigenvalue weighted by Gasteiger charge is 2.08. The average Bonchev–Trinajstić information content (AvgIpc) is 2.28. The first-order valence-corrected chi connectivity index (χ1v) is 6.61. The van der Waals surface area contributed by atoms with Crippen molar-refractivity contribution in [1.82, 2.24) is 0 Å². The van der Waals surface area contributed by atoms with E-state index in [9.17, 15) is 4.79 Å². The van der Waals surface area contributed by atoms with Crippen LogP contribution in [0.3, 0.4) is 0 Å². The van der Waals surface area contributed by atoms with E-state index in [1.165, 1.54) is 6.42 Å². The van der Waals surface area contributed by atoms with Gasteiger partial charge in [-0.25, -0.2) is 0 Å². The summed E-state index contributed by atoms with van der Waals surface area (Å²) >= 11 is 0. The molecule has 0 spiro atoms. The summed E-state index contributed by atoms with van der Waals surface area (Å²) in [5.41, 5.74) is 7.25. The van der Waals surface area contributed by atoms with Crippen molar-refractivity contribution in [2.45, 2.75) is 46.1 Å². The average molecular weight is 248 g/mol. The summed E-state index contributed by atoms with van der Waals surface area (Å²) in [5, 5.41) is 3.46. The Kier molecular flexibility index (Phi) is 5.69. The second-order valence-corrected chi connectivity index (χ2v) is 5.32. The van der Waals surface area contributed by atoms with Gasteiger partial charge in [-0.2, -0.15) is 0 Å². The fourth-order valence-corrected chi connectivity index (χ4v) is 1.92. The van der Waals surface area contributed by atoms with Crippen molar-refractivity contribution in [1.29, 1.82) is 0 Å². The van der Waals surface area contributed by atoms with E-state index in [0.717, 1.165) is 23.6 Å². The second kappa shape index (κ2) is 7.04. The number of hydrogen-bond donors (Lipinski definition) is 2. The Morgan fingerprint density at radius 3 is 2.50 bits per heavy atom. The van der Waals surface area contributed by atoms with Gasteiger partial charge in [0.1, 0.15) is 0 Å². The van der Waals surface area contributed by atoms with E-state index in [4.69, 9.17) is 5.73 Å². The Bertz CT molecular complexity index is 388. The van der Waals surface area contributed by atoms with Crippen molar-refractivity contribution in [3.05, 3.63) is 29.8 Å². The third-order valence-electron chi connectivity index (χ3n) is 2.96. The van der Waals surface area contributed by atoms with E-state index in [0.29, 0.717) is 12.5 Å². The van der Waals surface area contributed by atoms with Crippen LogP contribution in [0.1, 0.15) is 39.2 Å². The summed E-state index contributed by atoms with van der Waals surface area (Å²) < 4.78 is 0. The number of anilines is 1. The number of nitrogens with two attached hydrogens (primary N) is 1. The van der Waals surface area contributed by atoms with E-state index in [1.807, 2.05) is 24.3 Å². The molecule has 0 radical (unpaired) electrons. The van der Waals surface area contributed by atoms with Gasteiger partial charge >= 0.3 is 0 Å². The maximum atomic E-state index is 11.0. The van der Waals surface area contributed by atoms with Crippen LogP contribution < -0.4 is 11.1 Å². The monoisotopic (exact) mass is 248 g/mol. The smallest absolute Gasteiger partial charge is 0.221 e. The first-order valence-electron chi connectivity index (χ1n) is 6.61. The van der Waals surface area contributed by atoms with Gasteiger partial charge in [0.2, 0.25) is 5.91 Å². The molecule has 0 saturated heterocycles. The molecule has 3 heteroatoms. The molecule has 0 bridgehead atoms. The Balaban J connectivity index is 2.62. The fraction of sp³-hybridized carbons (Fsp3) is 0.533. The molecule has 0 aromatic heterocycles. The minimum absolute atomic E-state index is 0.292. The Morgan fingerprint density at radius 1 is 1.22 bits per heavy atom. The topological polar surface area (TPSA) is 55.1 Å². The number of benzene rings is 1. The molecule has 1 atom stereocenters. The van der Waals surface area contributed by atoms with Gasteiger partial charge in [-0.3, -0.25) is 4.79 Å². The molecule has 0 aliphatic carbocycles. The van der Waals surface area contributed by atoms with Gasteiger partial charge in [0, 0.05) is 11.7 Å². The van der Waals surface area contributed by atoms with E-state index in [1.54, 1.807) is 0 Å². The van der Waals surface area contributed by atoms with Gasteiger partial charge in [-0.1, -0.05) is 32.0 Å². The molecule has 18 heavy (non-hydrogen) atoms. The van der Waals surface area contributed by atoms with Crippen LogP contribution in [0.4, 0.5) is 5.69 Å². The lowest BCUT2D eigenvalue weighted by Crippen LogP contribution is -2.19. The highest BCUT2D eigenvalue weighted by atomic mass is 16.1. The lowest BCUT2D eigenvalue weighted by Gasteiger charge is -2.18. The number of para-hydroxylation sites is 1. The molecule has 0 aliphatic rings. The van der Waals surface area contributed by atoms with Gasteiger partial charge in [0.05, 0.1) is 6.42 Å². The normalized spacial score (nSPS) is 12.4. The largest absolute Gasteiger partial charge is 0.382 e. The summed E-state index contributed by atoms with van der Waals surface area (Å²) in [6.07, 6.45) is 2.62. The quantitative estimate of drug-likeness (QED) is 0.779. The summed E-state index contributed by atoms with van der Waals surface area (Å²) in [4.78, 5) is 11.0. The van der Waals surface area contributed by atoms with Crippen molar-refractivity contribution >= 4 is 11.6 Å². The van der Waals surface area contributed by atoms with Gasteiger partial charge in [0.15, 0.2) is 0 Å². The van der Waals surface area contributed by atoms with Crippen LogP contribution in [0.2, 0.25) is 0 Å². The number of amides is 1. The van der Waals surface area contributed by atoms with Crippen LogP contribution in [0.25, 0.3) is 0 Å². The second-order valence-electron chi connectivity index (χ2n) is 5.32. The lowest BCUT2D eigenvalue weighted by molar-refractivity contribution is -0.117. The number of carbonyl (C=O) groups is 1. The SMILES string of the molecule is CC(C)CCC(C)Nc1ccccc1CC(N)=O. The highest BCUT2D eigenvalue weighted by Crippen LogP contribution is 2.18. The standard InChI is InChI=1S/C15H24N2O/c1-11(2)8-9-12(3)17-14-7-5-4-6-13(14)10-15(16)18/h4-7,11-12,17H,8-10H2,1-3H3,(H2,16,18). The Morgan fingerprint density at radius 2 is 1.89 bits per heavy atom. The summed E-state index contributed by atoms with van der Waals surface area (Å²) in [6, 6.07) is 8.26. The third-order valence-corrected chi connectivity index (χ3v) is 2.96. The molecular weight excluding hydrogens is 224 g/mol. The molecule has 1 aromatic rings. The molecule has 0 saturated carbocycles. The molecule has 100 valence electrons. The summed E-state index contributed by atoms with van der Waals surface area (Å²) in [7, 11) is 0. The van der Waals surface area contributed by atoms with Crippen molar-refractivity contribution in [3.63, 3.8) is 0 Å². The van der Waals surface area contributed by atoms with Gasteiger partial charge in [-0.05, 0) is 37.3 Å². The first-order chi connectivity index (χ1) is 8.49. The predicted octanol–water partition coefficient (Wildman–Crippen LogP) is 2.95. The maximum Gasteiger partial charge on any atom is 0.221 e. The number of hydrogen-bond acceptors (Lipinski definition) is 2. The Hall–Kier alpha value is -1.51. The predicted molar refractivity (Wildman–Crippen MR) is 76.5 cm³/mol. The van der Waals surface area contributed by atoms with Crippen LogP contribution in [0.15, 0.2) is 24.3 Å². The minimum Gasteiger partial charge on any atom is -0.382 e. The summed E-state index contributed by atoms with van der Waals surface area (Å²) in [6.45, 7) is 6.63. The number of nitrogens with one attached hydrogen (secondary N) is 1. The number of primary amides is 1. The van der Waals surface area contributed by atoms with E-state index in [-0.39, 0.29) is 5.91 Å². The summed E-state index contributed by atoms with van der Waals surface area (Å²) in [5.74, 6) is 0.425. The van der Waals surface area contributed by atoms with Crippen LogP contribution in [0.5, 0.6) is 0 Å². The van der Waals surface area contributed by atoms with Gasteiger partial charge < -0.3 is 11.1 Å². The first kappa shape index (κ1) is 14.6. The van der Waals surface area contributed by atoms with Crippen LogP contribution in [-0.2, 0) is 11.2 Å². The van der Waals surface area contributed by atoms with Crippen molar-refractivity contribution in [2.24, 2.45) is 11.7 Å². The molecule has 3 N–H and O–H groups in total. The minimum atomic E-state index is -0.293. The molecule has 1 aromatic carbocycles. The highest BCUT2D eigenvalue weighted by molar-refractivity contribution is 5.78. The third kappa shape index (κ3) is 5.21. The fourth-order valence-electron chi connectivity index (χ4n) is 1.92. The van der Waals surface area contributed by atoms with Crippen molar-refractivity contribution in [3.8, 4) is 0 Å². The van der Waals surface area contributed by atoms with Crippen LogP contribution >= 0.6 is 0 Å². The van der Waals surface area contributed by atoms with Crippen molar-refractivity contribution < 1.29 is 4.79 Å². The number of rotatable bonds is 7. The van der Waals surface area contributed by atoms with Crippen LogP contribution in [0, 0.1) is 5.92 Å². The molecular formula is C15H24N2O. The molecule has 1 unspecified atom stereocenters. The molecule has 0 fully saturated rings. The molecule has 0 heterocycles. The van der Waals surface area contributed by atoms with Gasteiger partial charge in [0.25, 0.3) is 0 Å². The molecule has 1 rings (SSSR count). The Labute approximate surface area is 110 Å². The molecule has 0 aliphatic heterocycles. The van der Waals surface area contributed by atoms with E-state index >= 15 is 0 Å². The van der Waals surface area contributed by atoms with Crippen LogP contribution in [-0.4, -0.2) is 11.9 Å². The van der Waals surface area contributed by atoms with Crippen molar-refractivity contribution in [2.75, 3.05) is 5.32 Å². The van der Waals surface area contributed by atoms with Gasteiger partial charge in [-0.15, -0.1) is 0 Å². The zero-order valence-electron chi connectivity index (χ0n) is 11.6. The zero-order chi connectivity index (χ0) is 13.5. The van der Waals surface area contributed by atoms with E-state index < -0.39 is 0 Å². The molecule has 1 amide bonds. The van der Waals surface area contributed by atoms with E-state index in [2.05, 4.69) is 26.1 Å². The molecule has 3 nitrogen and oxygen atoms in total. The maximum absolute atomic E-state index is 11.0. The lowest BCUT2D eigenvalue weighted by atomic mass is 10.0.